The Balaban J connectivity index is 1.62. The monoisotopic (exact) mass is 264 g/mol. The summed E-state index contributed by atoms with van der Waals surface area (Å²) in [7, 11) is 0. The number of hydrogen-bond acceptors (Lipinski definition) is 2. The van der Waals surface area contributed by atoms with Crippen LogP contribution in [0.25, 0.3) is 0 Å². The molecule has 1 aromatic carbocycles. The van der Waals surface area contributed by atoms with Crippen LogP contribution in [-0.4, -0.2) is 37.0 Å². The van der Waals surface area contributed by atoms with Crippen LogP contribution in [0.2, 0.25) is 0 Å². The van der Waals surface area contributed by atoms with E-state index < -0.39 is 5.82 Å². The predicted molar refractivity (Wildman–Crippen MR) is 73.6 cm³/mol. The average Bonchev–Trinajstić information content (AvgIpc) is 2.92. The van der Waals surface area contributed by atoms with Gasteiger partial charge in [0, 0.05) is 6.54 Å². The number of likely N-dealkylation sites (tertiary alicyclic amines) is 1. The standard InChI is InChI=1S/C15H21FN2O/c16-14-8-2-1-7-13(14)15(19)17-9-3-4-10-18-11-5-6-12-18/h1-2,7-8H,3-6,9-12H2,(H,17,19). The molecule has 0 radical (unpaired) electrons. The maximum Gasteiger partial charge on any atom is 0.254 e. The van der Waals surface area contributed by atoms with Crippen LogP contribution in [0.1, 0.15) is 36.0 Å². The molecule has 1 aromatic rings. The van der Waals surface area contributed by atoms with Crippen molar-refractivity contribution in [2.24, 2.45) is 0 Å². The maximum atomic E-state index is 13.4. The van der Waals surface area contributed by atoms with Crippen LogP contribution in [0, 0.1) is 5.82 Å². The highest BCUT2D eigenvalue weighted by atomic mass is 19.1. The van der Waals surface area contributed by atoms with Crippen molar-refractivity contribution in [3.8, 4) is 0 Å². The van der Waals surface area contributed by atoms with Crippen molar-refractivity contribution in [1.29, 1.82) is 0 Å². The Kier molecular flexibility index (Phi) is 5.33. The van der Waals surface area contributed by atoms with Crippen molar-refractivity contribution in [3.63, 3.8) is 0 Å². The molecule has 0 bridgehead atoms. The summed E-state index contributed by atoms with van der Waals surface area (Å²) in [4.78, 5) is 14.2. The van der Waals surface area contributed by atoms with Crippen LogP contribution in [0.4, 0.5) is 4.39 Å². The molecule has 1 aliphatic heterocycles. The van der Waals surface area contributed by atoms with Crippen LogP contribution in [0.3, 0.4) is 0 Å². The summed E-state index contributed by atoms with van der Waals surface area (Å²) < 4.78 is 13.4. The molecule has 3 nitrogen and oxygen atoms in total. The molecule has 0 unspecified atom stereocenters. The molecule has 1 fully saturated rings. The topological polar surface area (TPSA) is 32.3 Å². The number of nitrogens with zero attached hydrogens (tertiary/aromatic N) is 1. The van der Waals surface area contributed by atoms with Gasteiger partial charge in [-0.05, 0) is 57.5 Å². The fourth-order valence-corrected chi connectivity index (χ4v) is 2.41. The molecular weight excluding hydrogens is 243 g/mol. The van der Waals surface area contributed by atoms with Crippen LogP contribution in [0.15, 0.2) is 24.3 Å². The summed E-state index contributed by atoms with van der Waals surface area (Å²) >= 11 is 0. The van der Waals surface area contributed by atoms with Gasteiger partial charge in [-0.15, -0.1) is 0 Å². The second-order valence-electron chi connectivity index (χ2n) is 4.99. The van der Waals surface area contributed by atoms with Gasteiger partial charge in [0.15, 0.2) is 0 Å². The molecule has 0 saturated carbocycles. The Hall–Kier alpha value is -1.42. The van der Waals surface area contributed by atoms with Gasteiger partial charge < -0.3 is 10.2 Å². The predicted octanol–water partition coefficient (Wildman–Crippen LogP) is 2.43. The first-order valence-corrected chi connectivity index (χ1v) is 7.02. The highest BCUT2D eigenvalue weighted by molar-refractivity contribution is 5.94. The lowest BCUT2D eigenvalue weighted by Gasteiger charge is -2.14. The second-order valence-corrected chi connectivity index (χ2v) is 4.99. The number of carbonyl (C=O) groups excluding carboxylic acids is 1. The van der Waals surface area contributed by atoms with Gasteiger partial charge in [0.25, 0.3) is 5.91 Å². The van der Waals surface area contributed by atoms with Gasteiger partial charge in [0.2, 0.25) is 0 Å². The van der Waals surface area contributed by atoms with E-state index in [-0.39, 0.29) is 11.5 Å². The van der Waals surface area contributed by atoms with Gasteiger partial charge in [-0.3, -0.25) is 4.79 Å². The number of unbranched alkanes of at least 4 members (excludes halogenated alkanes) is 1. The summed E-state index contributed by atoms with van der Waals surface area (Å²) in [6, 6.07) is 6.07. The molecule has 0 spiro atoms. The minimum absolute atomic E-state index is 0.127. The quantitative estimate of drug-likeness (QED) is 0.800. The first kappa shape index (κ1) is 14.0. The minimum atomic E-state index is -0.461. The SMILES string of the molecule is O=C(NCCCCN1CCCC1)c1ccccc1F. The van der Waals surface area contributed by atoms with E-state index in [1.165, 1.54) is 38.1 Å². The van der Waals surface area contributed by atoms with Crippen molar-refractivity contribution in [1.82, 2.24) is 10.2 Å². The highest BCUT2D eigenvalue weighted by Gasteiger charge is 2.11. The highest BCUT2D eigenvalue weighted by Crippen LogP contribution is 2.08. The maximum absolute atomic E-state index is 13.4. The van der Waals surface area contributed by atoms with Gasteiger partial charge in [-0.25, -0.2) is 4.39 Å². The van der Waals surface area contributed by atoms with E-state index in [2.05, 4.69) is 10.2 Å². The lowest BCUT2D eigenvalue weighted by atomic mass is 10.2. The fraction of sp³-hybridized carbons (Fsp3) is 0.533. The minimum Gasteiger partial charge on any atom is -0.352 e. The summed E-state index contributed by atoms with van der Waals surface area (Å²) in [5, 5.41) is 2.77. The van der Waals surface area contributed by atoms with Crippen LogP contribution in [-0.2, 0) is 0 Å². The lowest BCUT2D eigenvalue weighted by molar-refractivity contribution is 0.0948. The van der Waals surface area contributed by atoms with E-state index >= 15 is 0 Å². The molecule has 1 aliphatic rings. The van der Waals surface area contributed by atoms with E-state index in [4.69, 9.17) is 0 Å². The van der Waals surface area contributed by atoms with Gasteiger partial charge in [0.1, 0.15) is 5.82 Å². The fourth-order valence-electron chi connectivity index (χ4n) is 2.41. The average molecular weight is 264 g/mol. The number of halogens is 1. The lowest BCUT2D eigenvalue weighted by Crippen LogP contribution is -2.26. The van der Waals surface area contributed by atoms with Gasteiger partial charge in [0.05, 0.1) is 5.56 Å². The Morgan fingerprint density at radius 2 is 1.95 bits per heavy atom. The van der Waals surface area contributed by atoms with E-state index in [1.54, 1.807) is 12.1 Å². The zero-order valence-electron chi connectivity index (χ0n) is 11.2. The molecule has 19 heavy (non-hydrogen) atoms. The summed E-state index contributed by atoms with van der Waals surface area (Å²) in [6.45, 7) is 4.14. The van der Waals surface area contributed by atoms with Crippen molar-refractivity contribution >= 4 is 5.91 Å². The first-order valence-electron chi connectivity index (χ1n) is 7.02. The van der Waals surface area contributed by atoms with E-state index in [0.29, 0.717) is 6.54 Å². The van der Waals surface area contributed by atoms with Gasteiger partial charge >= 0.3 is 0 Å². The van der Waals surface area contributed by atoms with Crippen molar-refractivity contribution < 1.29 is 9.18 Å². The third kappa shape index (κ3) is 4.31. The summed E-state index contributed by atoms with van der Waals surface area (Å²) in [6.07, 6.45) is 4.64. The molecular formula is C15H21FN2O. The Morgan fingerprint density at radius 3 is 2.68 bits per heavy atom. The van der Waals surface area contributed by atoms with Crippen molar-refractivity contribution in [2.75, 3.05) is 26.2 Å². The molecule has 4 heteroatoms. The van der Waals surface area contributed by atoms with Crippen LogP contribution in [0.5, 0.6) is 0 Å². The zero-order chi connectivity index (χ0) is 13.5. The van der Waals surface area contributed by atoms with Crippen LogP contribution < -0.4 is 5.32 Å². The first-order chi connectivity index (χ1) is 9.27. The summed E-state index contributed by atoms with van der Waals surface area (Å²) in [5.74, 6) is -0.781. The molecule has 2 rings (SSSR count). The molecule has 1 saturated heterocycles. The number of amides is 1. The molecule has 1 amide bonds. The third-order valence-electron chi connectivity index (χ3n) is 3.50. The summed E-state index contributed by atoms with van der Waals surface area (Å²) in [5.41, 5.74) is 0.127. The largest absolute Gasteiger partial charge is 0.352 e. The number of nitrogens with one attached hydrogen (secondary N) is 1. The number of benzene rings is 1. The van der Waals surface area contributed by atoms with Crippen LogP contribution >= 0.6 is 0 Å². The van der Waals surface area contributed by atoms with Crippen molar-refractivity contribution in [3.05, 3.63) is 35.6 Å². The normalized spacial score (nSPS) is 15.6. The second kappa shape index (κ2) is 7.24. The smallest absolute Gasteiger partial charge is 0.254 e. The van der Waals surface area contributed by atoms with E-state index in [1.807, 2.05) is 0 Å². The Labute approximate surface area is 113 Å². The molecule has 1 heterocycles. The molecule has 0 aliphatic carbocycles. The molecule has 0 atom stereocenters. The van der Waals surface area contributed by atoms with Gasteiger partial charge in [-0.1, -0.05) is 12.1 Å². The number of rotatable bonds is 6. The Bertz CT molecular complexity index is 416. The van der Waals surface area contributed by atoms with Crippen molar-refractivity contribution in [2.45, 2.75) is 25.7 Å². The zero-order valence-corrected chi connectivity index (χ0v) is 11.2. The van der Waals surface area contributed by atoms with Gasteiger partial charge in [-0.2, -0.15) is 0 Å². The molecule has 0 aromatic heterocycles. The number of carbonyl (C=O) groups is 1. The third-order valence-corrected chi connectivity index (χ3v) is 3.50. The Morgan fingerprint density at radius 1 is 1.21 bits per heavy atom. The number of hydrogen-bond donors (Lipinski definition) is 1. The molecule has 1 N–H and O–H groups in total. The van der Waals surface area contributed by atoms with E-state index in [9.17, 15) is 9.18 Å². The van der Waals surface area contributed by atoms with E-state index in [0.717, 1.165) is 19.4 Å². The molecule has 104 valence electrons.